The third kappa shape index (κ3) is 4.61. The van der Waals surface area contributed by atoms with Gasteiger partial charge < -0.3 is 10.4 Å². The van der Waals surface area contributed by atoms with Gasteiger partial charge in [0.15, 0.2) is 0 Å². The fourth-order valence-electron chi connectivity index (χ4n) is 4.69. The Bertz CT molecular complexity index is 651. The van der Waals surface area contributed by atoms with E-state index < -0.39 is 12.1 Å². The number of likely N-dealkylation sites (N-methyl/N-ethyl adjacent to an activating group) is 1. The van der Waals surface area contributed by atoms with Crippen LogP contribution in [0.1, 0.15) is 38.2 Å². The molecule has 2 N–H and O–H groups in total. The summed E-state index contributed by atoms with van der Waals surface area (Å²) in [5.74, 6) is 0.949. The molecule has 27 heavy (non-hydrogen) atoms. The number of hydrogen-bond acceptors (Lipinski definition) is 3. The van der Waals surface area contributed by atoms with Crippen molar-refractivity contribution >= 4 is 12.0 Å². The largest absolute Gasteiger partial charge is 0.465 e. The van der Waals surface area contributed by atoms with Gasteiger partial charge in [-0.25, -0.2) is 4.79 Å². The molecule has 0 bridgehead atoms. The zero-order valence-electron chi connectivity index (χ0n) is 16.3. The minimum atomic E-state index is -1.05. The van der Waals surface area contributed by atoms with Gasteiger partial charge in [-0.05, 0) is 36.7 Å². The number of carboxylic acid groups (broad SMARTS) is 1. The monoisotopic (exact) mass is 373 g/mol. The van der Waals surface area contributed by atoms with E-state index in [2.05, 4.69) is 34.5 Å². The zero-order valence-corrected chi connectivity index (χ0v) is 16.3. The van der Waals surface area contributed by atoms with Crippen molar-refractivity contribution in [1.29, 1.82) is 0 Å². The molecule has 4 atom stereocenters. The lowest BCUT2D eigenvalue weighted by Gasteiger charge is -2.28. The lowest BCUT2D eigenvalue weighted by Crippen LogP contribution is -2.51. The van der Waals surface area contributed by atoms with Crippen molar-refractivity contribution in [2.24, 2.45) is 11.8 Å². The van der Waals surface area contributed by atoms with E-state index in [1.807, 2.05) is 13.0 Å². The first-order valence-corrected chi connectivity index (χ1v) is 10.0. The average Bonchev–Trinajstić information content (AvgIpc) is 3.21. The van der Waals surface area contributed by atoms with Gasteiger partial charge in [-0.1, -0.05) is 43.7 Å². The fourth-order valence-corrected chi connectivity index (χ4v) is 4.69. The van der Waals surface area contributed by atoms with E-state index >= 15 is 0 Å². The summed E-state index contributed by atoms with van der Waals surface area (Å²) in [5.41, 5.74) is 1.32. The highest BCUT2D eigenvalue weighted by Crippen LogP contribution is 2.38. The van der Waals surface area contributed by atoms with E-state index in [9.17, 15) is 14.7 Å². The molecule has 1 aliphatic heterocycles. The molecule has 2 aliphatic rings. The van der Waals surface area contributed by atoms with Crippen molar-refractivity contribution in [2.75, 3.05) is 20.1 Å². The SMILES string of the molecule is CCC[C@@H](C(=O)N[C@H]1CC[C@@H]2CN(Cc3ccccc3)C[C@@H]21)N(C)C(=O)O. The van der Waals surface area contributed by atoms with E-state index in [1.54, 1.807) is 0 Å². The van der Waals surface area contributed by atoms with E-state index in [4.69, 9.17) is 0 Å². The van der Waals surface area contributed by atoms with Crippen molar-refractivity contribution < 1.29 is 14.7 Å². The Hall–Kier alpha value is -2.08. The lowest BCUT2D eigenvalue weighted by molar-refractivity contribution is -0.126. The highest BCUT2D eigenvalue weighted by molar-refractivity contribution is 5.85. The number of carbonyl (C=O) groups excluding carboxylic acids is 1. The van der Waals surface area contributed by atoms with Crippen LogP contribution in [0.5, 0.6) is 0 Å². The molecule has 1 saturated heterocycles. The summed E-state index contributed by atoms with van der Waals surface area (Å²) in [6.07, 6.45) is 2.40. The van der Waals surface area contributed by atoms with Gasteiger partial charge in [0, 0.05) is 32.7 Å². The third-order valence-electron chi connectivity index (χ3n) is 6.14. The van der Waals surface area contributed by atoms with Gasteiger partial charge in [0.05, 0.1) is 0 Å². The smallest absolute Gasteiger partial charge is 0.407 e. The summed E-state index contributed by atoms with van der Waals surface area (Å²) < 4.78 is 0. The van der Waals surface area contributed by atoms with Gasteiger partial charge in [-0.15, -0.1) is 0 Å². The maximum absolute atomic E-state index is 12.8. The number of likely N-dealkylation sites (tertiary alicyclic amines) is 1. The molecule has 1 aromatic rings. The van der Waals surface area contributed by atoms with Crippen molar-refractivity contribution in [3.05, 3.63) is 35.9 Å². The predicted molar refractivity (Wildman–Crippen MR) is 104 cm³/mol. The molecule has 6 nitrogen and oxygen atoms in total. The van der Waals surface area contributed by atoms with E-state index in [-0.39, 0.29) is 11.9 Å². The number of amides is 2. The number of hydrogen-bond donors (Lipinski definition) is 2. The Balaban J connectivity index is 1.58. The van der Waals surface area contributed by atoms with Crippen LogP contribution in [0.2, 0.25) is 0 Å². The number of fused-ring (bicyclic) bond motifs is 1. The molecule has 0 unspecified atom stereocenters. The van der Waals surface area contributed by atoms with E-state index in [0.29, 0.717) is 18.3 Å². The van der Waals surface area contributed by atoms with E-state index in [1.165, 1.54) is 12.6 Å². The molecular weight excluding hydrogens is 342 g/mol. The van der Waals surface area contributed by atoms with Crippen LogP contribution in [0.15, 0.2) is 30.3 Å². The first-order valence-electron chi connectivity index (χ1n) is 10.0. The predicted octanol–water partition coefficient (Wildman–Crippen LogP) is 2.79. The lowest BCUT2D eigenvalue weighted by atomic mass is 9.97. The van der Waals surface area contributed by atoms with Crippen molar-refractivity contribution in [3.8, 4) is 0 Å². The highest BCUT2D eigenvalue weighted by atomic mass is 16.4. The topological polar surface area (TPSA) is 72.9 Å². The Morgan fingerprint density at radius 1 is 1.26 bits per heavy atom. The number of benzene rings is 1. The minimum absolute atomic E-state index is 0.145. The molecule has 0 spiro atoms. The third-order valence-corrected chi connectivity index (χ3v) is 6.14. The highest BCUT2D eigenvalue weighted by Gasteiger charge is 2.43. The minimum Gasteiger partial charge on any atom is -0.465 e. The molecule has 1 aliphatic carbocycles. The molecule has 0 aromatic heterocycles. The molecule has 1 heterocycles. The van der Waals surface area contributed by atoms with Crippen molar-refractivity contribution in [3.63, 3.8) is 0 Å². The Labute approximate surface area is 161 Å². The van der Waals surface area contributed by atoms with Crippen LogP contribution < -0.4 is 5.32 Å². The number of rotatable bonds is 7. The Kier molecular flexibility index (Phi) is 6.37. The van der Waals surface area contributed by atoms with Gasteiger partial charge in [0.1, 0.15) is 6.04 Å². The van der Waals surface area contributed by atoms with Crippen LogP contribution in [-0.4, -0.2) is 59.1 Å². The van der Waals surface area contributed by atoms with Gasteiger partial charge >= 0.3 is 6.09 Å². The quantitative estimate of drug-likeness (QED) is 0.771. The average molecular weight is 373 g/mol. The second-order valence-corrected chi connectivity index (χ2v) is 7.99. The Morgan fingerprint density at radius 3 is 2.67 bits per heavy atom. The van der Waals surface area contributed by atoms with E-state index in [0.717, 1.165) is 43.8 Å². The molecule has 2 amide bonds. The van der Waals surface area contributed by atoms with Crippen LogP contribution in [0, 0.1) is 11.8 Å². The number of carbonyl (C=O) groups is 2. The maximum atomic E-state index is 12.8. The number of nitrogens with one attached hydrogen (secondary N) is 1. The van der Waals surface area contributed by atoms with Crippen molar-refractivity contribution in [2.45, 2.75) is 51.2 Å². The maximum Gasteiger partial charge on any atom is 0.407 e. The summed E-state index contributed by atoms with van der Waals surface area (Å²) in [4.78, 5) is 27.7. The first-order chi connectivity index (χ1) is 13.0. The second-order valence-electron chi connectivity index (χ2n) is 7.99. The fraction of sp³-hybridized carbons (Fsp3) is 0.619. The molecule has 1 saturated carbocycles. The van der Waals surface area contributed by atoms with Gasteiger partial charge in [-0.3, -0.25) is 14.6 Å². The molecule has 148 valence electrons. The van der Waals surface area contributed by atoms with Crippen molar-refractivity contribution in [1.82, 2.24) is 15.1 Å². The summed E-state index contributed by atoms with van der Waals surface area (Å²) >= 11 is 0. The zero-order chi connectivity index (χ0) is 19.4. The second kappa shape index (κ2) is 8.74. The standard InChI is InChI=1S/C21H31N3O3/c1-3-7-19(23(2)21(26)27)20(25)22-18-11-10-16-13-24(14-17(16)18)12-15-8-5-4-6-9-15/h4-6,8-9,16-19H,3,7,10-14H2,1-2H3,(H,22,25)(H,26,27)/t16-,17+,18+,19+/m1/s1. The summed E-state index contributed by atoms with van der Waals surface area (Å²) in [6, 6.07) is 10.0. The van der Waals surface area contributed by atoms with Crippen LogP contribution in [0.25, 0.3) is 0 Å². The molecule has 6 heteroatoms. The first kappa shape index (κ1) is 19.7. The van der Waals surface area contributed by atoms with Crippen LogP contribution in [0.3, 0.4) is 0 Å². The summed E-state index contributed by atoms with van der Waals surface area (Å²) in [7, 11) is 1.48. The van der Waals surface area contributed by atoms with Gasteiger partial charge in [0.25, 0.3) is 0 Å². The summed E-state index contributed by atoms with van der Waals surface area (Å²) in [6.45, 7) is 5.01. The molecule has 3 rings (SSSR count). The summed E-state index contributed by atoms with van der Waals surface area (Å²) in [5, 5.41) is 12.4. The van der Waals surface area contributed by atoms with Crippen LogP contribution in [-0.2, 0) is 11.3 Å². The normalized spacial score (nSPS) is 25.8. The van der Waals surface area contributed by atoms with Gasteiger partial charge in [-0.2, -0.15) is 0 Å². The number of nitrogens with zero attached hydrogens (tertiary/aromatic N) is 2. The molecule has 1 aromatic carbocycles. The molecular formula is C21H31N3O3. The van der Waals surface area contributed by atoms with Crippen LogP contribution in [0.4, 0.5) is 4.79 Å². The van der Waals surface area contributed by atoms with Gasteiger partial charge in [0.2, 0.25) is 5.91 Å². The molecule has 0 radical (unpaired) electrons. The van der Waals surface area contributed by atoms with Crippen LogP contribution >= 0.6 is 0 Å². The molecule has 2 fully saturated rings. The Morgan fingerprint density at radius 2 is 2.00 bits per heavy atom.